The smallest absolute Gasteiger partial charge is 0.203 e. The Morgan fingerprint density at radius 1 is 0.840 bits per heavy atom. The van der Waals surface area contributed by atoms with Crippen LogP contribution in [-0.4, -0.2) is 51.9 Å². The van der Waals surface area contributed by atoms with Crippen LogP contribution < -0.4 is 14.2 Å². The summed E-state index contributed by atoms with van der Waals surface area (Å²) < 4.78 is 15.9. The molecule has 2 rings (SSSR count). The lowest BCUT2D eigenvalue weighted by Crippen LogP contribution is -2.23. The van der Waals surface area contributed by atoms with Crippen LogP contribution in [0.15, 0.2) is 41.6 Å². The summed E-state index contributed by atoms with van der Waals surface area (Å²) >= 11 is 0. The highest BCUT2D eigenvalue weighted by Crippen LogP contribution is 2.38. The van der Waals surface area contributed by atoms with Crippen molar-refractivity contribution in [1.29, 1.82) is 0 Å². The lowest BCUT2D eigenvalue weighted by molar-refractivity contribution is -0.115. The third-order valence-electron chi connectivity index (χ3n) is 3.72. The Labute approximate surface area is 147 Å². The molecule has 132 valence electrons. The van der Waals surface area contributed by atoms with Gasteiger partial charge in [0.2, 0.25) is 11.5 Å². The molecule has 0 saturated heterocycles. The molecule has 0 spiro atoms. The van der Waals surface area contributed by atoms with Gasteiger partial charge in [-0.2, -0.15) is 0 Å². The summed E-state index contributed by atoms with van der Waals surface area (Å²) in [6, 6.07) is 3.52. The fourth-order valence-corrected chi connectivity index (χ4v) is 2.43. The van der Waals surface area contributed by atoms with E-state index in [4.69, 9.17) is 14.2 Å². The van der Waals surface area contributed by atoms with E-state index in [9.17, 15) is 9.59 Å². The Morgan fingerprint density at radius 2 is 1.44 bits per heavy atom. The first-order chi connectivity index (χ1) is 11.9. The van der Waals surface area contributed by atoms with E-state index >= 15 is 0 Å². The van der Waals surface area contributed by atoms with Gasteiger partial charge in [0, 0.05) is 25.7 Å². The minimum absolute atomic E-state index is 0.200. The summed E-state index contributed by atoms with van der Waals surface area (Å²) in [7, 11) is 8.04. The highest BCUT2D eigenvalue weighted by molar-refractivity contribution is 6.21. The molecule has 1 aliphatic rings. The minimum Gasteiger partial charge on any atom is -0.493 e. The quantitative estimate of drug-likeness (QED) is 0.738. The molecule has 0 amide bonds. The molecule has 0 radical (unpaired) electrons. The first-order valence-electron chi connectivity index (χ1n) is 7.58. The number of likely N-dealkylation sites (N-methyl/N-ethyl adjacent to an activating group) is 1. The number of allylic oxidation sites excluding steroid dienone is 4. The van der Waals surface area contributed by atoms with E-state index in [1.807, 2.05) is 0 Å². The zero-order valence-electron chi connectivity index (χ0n) is 15.0. The summed E-state index contributed by atoms with van der Waals surface area (Å²) in [6.07, 6.45) is 6.00. The van der Waals surface area contributed by atoms with Crippen LogP contribution in [0.4, 0.5) is 0 Å². The SMILES string of the molecule is COc1cc(/C=C\C2=CC(=O)C(N(C)C)=CC2=O)cc(OC)c1OC. The molecule has 6 nitrogen and oxygen atoms in total. The number of nitrogens with zero attached hydrogens (tertiary/aromatic N) is 1. The van der Waals surface area contributed by atoms with Gasteiger partial charge in [0.15, 0.2) is 17.3 Å². The summed E-state index contributed by atoms with van der Waals surface area (Å²) in [4.78, 5) is 25.9. The fourth-order valence-electron chi connectivity index (χ4n) is 2.43. The molecule has 1 aromatic rings. The van der Waals surface area contributed by atoms with E-state index in [0.29, 0.717) is 28.5 Å². The van der Waals surface area contributed by atoms with Crippen LogP contribution >= 0.6 is 0 Å². The number of methoxy groups -OCH3 is 3. The maximum atomic E-state index is 12.2. The summed E-state index contributed by atoms with van der Waals surface area (Å²) in [5.74, 6) is 1.10. The number of carbonyl (C=O) groups excluding carboxylic acids is 2. The number of ketones is 2. The van der Waals surface area contributed by atoms with E-state index in [1.54, 1.807) is 43.3 Å². The number of ether oxygens (including phenoxy) is 3. The molecule has 25 heavy (non-hydrogen) atoms. The van der Waals surface area contributed by atoms with Crippen molar-refractivity contribution in [1.82, 2.24) is 4.90 Å². The number of hydrogen-bond acceptors (Lipinski definition) is 6. The molecule has 0 atom stereocenters. The normalized spacial score (nSPS) is 14.3. The molecular weight excluding hydrogens is 322 g/mol. The zero-order valence-corrected chi connectivity index (χ0v) is 15.0. The molecule has 0 aliphatic heterocycles. The predicted molar refractivity (Wildman–Crippen MR) is 95.0 cm³/mol. The molecule has 6 heteroatoms. The zero-order chi connectivity index (χ0) is 18.6. The maximum Gasteiger partial charge on any atom is 0.203 e. The van der Waals surface area contributed by atoms with Gasteiger partial charge in [-0.3, -0.25) is 9.59 Å². The Balaban J connectivity index is 2.33. The minimum atomic E-state index is -0.216. The molecule has 0 heterocycles. The number of hydrogen-bond donors (Lipinski definition) is 0. The molecular formula is C19H21NO5. The monoisotopic (exact) mass is 343 g/mol. The average Bonchev–Trinajstić information content (AvgIpc) is 2.60. The second kappa shape index (κ2) is 7.70. The third kappa shape index (κ3) is 3.91. The van der Waals surface area contributed by atoms with Crippen LogP contribution in [0.5, 0.6) is 17.2 Å². The van der Waals surface area contributed by atoms with Crippen molar-refractivity contribution in [2.75, 3.05) is 35.4 Å². The van der Waals surface area contributed by atoms with Crippen LogP contribution in [0, 0.1) is 0 Å². The molecule has 0 aromatic heterocycles. The highest BCUT2D eigenvalue weighted by Gasteiger charge is 2.20. The summed E-state index contributed by atoms with van der Waals surface area (Å²) in [5, 5.41) is 0. The maximum absolute atomic E-state index is 12.2. The molecule has 1 aromatic carbocycles. The number of rotatable bonds is 6. The van der Waals surface area contributed by atoms with E-state index in [0.717, 1.165) is 5.56 Å². The van der Waals surface area contributed by atoms with Crippen LogP contribution in [0.25, 0.3) is 6.08 Å². The lowest BCUT2D eigenvalue weighted by atomic mass is 9.99. The van der Waals surface area contributed by atoms with Gasteiger partial charge in [-0.25, -0.2) is 0 Å². The van der Waals surface area contributed by atoms with Gasteiger partial charge in [0.05, 0.1) is 27.0 Å². The van der Waals surface area contributed by atoms with Crippen molar-refractivity contribution in [3.63, 3.8) is 0 Å². The molecule has 0 N–H and O–H groups in total. The largest absolute Gasteiger partial charge is 0.493 e. The Morgan fingerprint density at radius 3 is 1.92 bits per heavy atom. The van der Waals surface area contributed by atoms with Crippen molar-refractivity contribution in [2.45, 2.75) is 0 Å². The third-order valence-corrected chi connectivity index (χ3v) is 3.72. The van der Waals surface area contributed by atoms with Crippen molar-refractivity contribution in [3.8, 4) is 17.2 Å². The topological polar surface area (TPSA) is 65.1 Å². The first-order valence-corrected chi connectivity index (χ1v) is 7.58. The van der Waals surface area contributed by atoms with Crippen LogP contribution in [-0.2, 0) is 9.59 Å². The molecule has 1 aliphatic carbocycles. The van der Waals surface area contributed by atoms with Gasteiger partial charge in [0.25, 0.3) is 0 Å². The van der Waals surface area contributed by atoms with Crippen LogP contribution in [0.2, 0.25) is 0 Å². The number of carbonyl (C=O) groups is 2. The highest BCUT2D eigenvalue weighted by atomic mass is 16.5. The summed E-state index contributed by atoms with van der Waals surface area (Å²) in [5.41, 5.74) is 1.44. The van der Waals surface area contributed by atoms with Gasteiger partial charge in [-0.15, -0.1) is 0 Å². The molecule has 0 fully saturated rings. The van der Waals surface area contributed by atoms with Crippen molar-refractivity contribution >= 4 is 17.6 Å². The Kier molecular flexibility index (Phi) is 5.64. The van der Waals surface area contributed by atoms with E-state index in [2.05, 4.69) is 0 Å². The standard InChI is InChI=1S/C19H21NO5/c1-20(2)14-11-15(21)13(10-16(14)22)7-6-12-8-17(23-3)19(25-5)18(9-12)24-4/h6-11H,1-5H3/b7-6-. The van der Waals surface area contributed by atoms with Gasteiger partial charge in [0.1, 0.15) is 0 Å². The van der Waals surface area contributed by atoms with Gasteiger partial charge in [-0.1, -0.05) is 12.2 Å². The Hall–Kier alpha value is -3.02. The van der Waals surface area contributed by atoms with Crippen molar-refractivity contribution in [3.05, 3.63) is 47.2 Å². The second-order valence-corrected chi connectivity index (χ2v) is 5.54. The predicted octanol–water partition coefficient (Wildman–Crippen LogP) is 2.25. The van der Waals surface area contributed by atoms with Crippen molar-refractivity contribution < 1.29 is 23.8 Å². The van der Waals surface area contributed by atoms with Gasteiger partial charge >= 0.3 is 0 Å². The molecule has 0 saturated carbocycles. The molecule has 0 unspecified atom stereocenters. The first kappa shape index (κ1) is 18.3. The Bertz CT molecular complexity index is 762. The molecule has 0 bridgehead atoms. The van der Waals surface area contributed by atoms with Crippen molar-refractivity contribution in [2.24, 2.45) is 0 Å². The lowest BCUT2D eigenvalue weighted by Gasteiger charge is -2.17. The van der Waals surface area contributed by atoms with Gasteiger partial charge in [-0.05, 0) is 23.8 Å². The average molecular weight is 343 g/mol. The van der Waals surface area contributed by atoms with E-state index < -0.39 is 0 Å². The second-order valence-electron chi connectivity index (χ2n) is 5.54. The number of benzene rings is 1. The van der Waals surface area contributed by atoms with Crippen LogP contribution in [0.1, 0.15) is 5.56 Å². The van der Waals surface area contributed by atoms with E-state index in [1.165, 1.54) is 33.5 Å². The summed E-state index contributed by atoms with van der Waals surface area (Å²) in [6.45, 7) is 0. The van der Waals surface area contributed by atoms with Gasteiger partial charge < -0.3 is 19.1 Å². The fraction of sp³-hybridized carbons (Fsp3) is 0.263. The van der Waals surface area contributed by atoms with E-state index in [-0.39, 0.29) is 11.6 Å². The van der Waals surface area contributed by atoms with Crippen LogP contribution in [0.3, 0.4) is 0 Å².